The van der Waals surface area contributed by atoms with E-state index in [2.05, 4.69) is 5.32 Å². The number of nitrogens with one attached hydrogen (secondary N) is 1. The Morgan fingerprint density at radius 3 is 2.67 bits per heavy atom. The summed E-state index contributed by atoms with van der Waals surface area (Å²) in [6.45, 7) is 1.61. The summed E-state index contributed by atoms with van der Waals surface area (Å²) in [7, 11) is 0. The van der Waals surface area contributed by atoms with Crippen LogP contribution in [-0.2, 0) is 20.9 Å². The van der Waals surface area contributed by atoms with E-state index in [0.29, 0.717) is 31.6 Å². The van der Waals surface area contributed by atoms with Crippen molar-refractivity contribution in [2.24, 2.45) is 5.92 Å². The molecule has 1 N–H and O–H groups in total. The molecule has 0 bridgehead atoms. The molecule has 2 saturated heterocycles. The number of rotatable bonds is 3. The van der Waals surface area contributed by atoms with Gasteiger partial charge in [0.05, 0.1) is 5.56 Å². The molecule has 0 radical (unpaired) electrons. The Kier molecular flexibility index (Phi) is 3.37. The largest absolute Gasteiger partial charge is 0.369 e. The van der Waals surface area contributed by atoms with Gasteiger partial charge in [-0.3, -0.25) is 19.7 Å². The van der Waals surface area contributed by atoms with Crippen molar-refractivity contribution in [3.8, 4) is 0 Å². The Balaban J connectivity index is 1.60. The van der Waals surface area contributed by atoms with E-state index in [0.717, 1.165) is 17.5 Å². The van der Waals surface area contributed by atoms with Gasteiger partial charge < -0.3 is 14.6 Å². The summed E-state index contributed by atoms with van der Waals surface area (Å²) in [6, 6.07) is 5.06. The standard InChI is InChI=1S/C17H17N3O4/c21-9-10-6-19(7-10)12-3-1-2-11-8-20(17(24)15(11)12)13-4-5-14(22)18-16(13)23/h1-3,9-10,13H,4-8H2,(H,18,22,23). The lowest BCUT2D eigenvalue weighted by atomic mass is 9.98. The zero-order valence-corrected chi connectivity index (χ0v) is 13.0. The molecule has 24 heavy (non-hydrogen) atoms. The molecule has 7 heteroatoms. The molecular formula is C17H17N3O4. The quantitative estimate of drug-likeness (QED) is 0.628. The Morgan fingerprint density at radius 2 is 1.96 bits per heavy atom. The van der Waals surface area contributed by atoms with E-state index in [-0.39, 0.29) is 24.2 Å². The Labute approximate surface area is 138 Å². The summed E-state index contributed by atoms with van der Waals surface area (Å²) in [5, 5.41) is 2.31. The highest BCUT2D eigenvalue weighted by atomic mass is 16.2. The monoisotopic (exact) mass is 327 g/mol. The van der Waals surface area contributed by atoms with Crippen LogP contribution in [0, 0.1) is 5.92 Å². The molecule has 1 unspecified atom stereocenters. The summed E-state index contributed by atoms with van der Waals surface area (Å²) in [6.07, 6.45) is 1.55. The number of hydrogen-bond acceptors (Lipinski definition) is 5. The van der Waals surface area contributed by atoms with Crippen molar-refractivity contribution in [3.05, 3.63) is 29.3 Å². The lowest BCUT2D eigenvalue weighted by molar-refractivity contribution is -0.136. The van der Waals surface area contributed by atoms with E-state index >= 15 is 0 Å². The van der Waals surface area contributed by atoms with Gasteiger partial charge in [-0.2, -0.15) is 0 Å². The van der Waals surface area contributed by atoms with Crippen molar-refractivity contribution in [2.75, 3.05) is 18.0 Å². The van der Waals surface area contributed by atoms with Crippen molar-refractivity contribution >= 4 is 29.7 Å². The summed E-state index contributed by atoms with van der Waals surface area (Å²) in [5.41, 5.74) is 2.33. The van der Waals surface area contributed by atoms with Crippen molar-refractivity contribution < 1.29 is 19.2 Å². The molecule has 124 valence electrons. The second-order valence-electron chi connectivity index (χ2n) is 6.51. The van der Waals surface area contributed by atoms with Crippen molar-refractivity contribution in [2.45, 2.75) is 25.4 Å². The summed E-state index contributed by atoms with van der Waals surface area (Å²) in [4.78, 5) is 50.7. The summed E-state index contributed by atoms with van der Waals surface area (Å²) >= 11 is 0. The SMILES string of the molecule is O=CC1CN(c2cccc3c2C(=O)N(C2CCC(=O)NC2=O)C3)C1. The zero-order valence-electron chi connectivity index (χ0n) is 13.0. The van der Waals surface area contributed by atoms with Crippen LogP contribution in [0.15, 0.2) is 18.2 Å². The minimum Gasteiger partial charge on any atom is -0.369 e. The van der Waals surface area contributed by atoms with E-state index in [1.807, 2.05) is 23.1 Å². The number of carbonyl (C=O) groups excluding carboxylic acids is 4. The van der Waals surface area contributed by atoms with Crippen LogP contribution in [0.3, 0.4) is 0 Å². The highest BCUT2D eigenvalue weighted by molar-refractivity contribution is 6.08. The predicted molar refractivity (Wildman–Crippen MR) is 84.3 cm³/mol. The van der Waals surface area contributed by atoms with E-state index < -0.39 is 11.9 Å². The number of aldehydes is 1. The van der Waals surface area contributed by atoms with Gasteiger partial charge in [-0.15, -0.1) is 0 Å². The number of amides is 3. The fourth-order valence-electron chi connectivity index (χ4n) is 3.65. The van der Waals surface area contributed by atoms with Crippen molar-refractivity contribution in [3.63, 3.8) is 0 Å². The Bertz CT molecular complexity index is 754. The van der Waals surface area contributed by atoms with Crippen LogP contribution in [0.5, 0.6) is 0 Å². The average Bonchev–Trinajstić information content (AvgIpc) is 2.84. The van der Waals surface area contributed by atoms with E-state index in [9.17, 15) is 19.2 Å². The van der Waals surface area contributed by atoms with E-state index in [4.69, 9.17) is 0 Å². The minimum atomic E-state index is -0.602. The second-order valence-corrected chi connectivity index (χ2v) is 6.51. The van der Waals surface area contributed by atoms with Gasteiger partial charge in [0.1, 0.15) is 12.3 Å². The Hall–Kier alpha value is -2.70. The third-order valence-electron chi connectivity index (χ3n) is 4.97. The molecule has 0 spiro atoms. The van der Waals surface area contributed by atoms with Crippen LogP contribution in [0.25, 0.3) is 0 Å². The van der Waals surface area contributed by atoms with Crippen LogP contribution in [-0.4, -0.2) is 48.0 Å². The molecule has 1 aromatic rings. The van der Waals surface area contributed by atoms with Gasteiger partial charge in [0.25, 0.3) is 5.91 Å². The van der Waals surface area contributed by atoms with Gasteiger partial charge in [0.15, 0.2) is 0 Å². The normalized spacial score (nSPS) is 23.8. The van der Waals surface area contributed by atoms with Crippen molar-refractivity contribution in [1.29, 1.82) is 0 Å². The van der Waals surface area contributed by atoms with Gasteiger partial charge in [-0.05, 0) is 18.1 Å². The van der Waals surface area contributed by atoms with E-state index in [1.165, 1.54) is 0 Å². The number of hydrogen-bond donors (Lipinski definition) is 1. The number of fused-ring (bicyclic) bond motifs is 1. The fraction of sp³-hybridized carbons (Fsp3) is 0.412. The Morgan fingerprint density at radius 1 is 1.17 bits per heavy atom. The van der Waals surface area contributed by atoms with Crippen LogP contribution < -0.4 is 10.2 Å². The van der Waals surface area contributed by atoms with E-state index in [1.54, 1.807) is 4.90 Å². The molecule has 3 heterocycles. The van der Waals surface area contributed by atoms with Gasteiger partial charge in [-0.25, -0.2) is 0 Å². The number of anilines is 1. The molecule has 3 aliphatic heterocycles. The summed E-state index contributed by atoms with van der Waals surface area (Å²) in [5.74, 6) is -0.853. The van der Waals surface area contributed by atoms with Gasteiger partial charge in [-0.1, -0.05) is 12.1 Å². The molecule has 0 saturated carbocycles. The highest BCUT2D eigenvalue weighted by Crippen LogP contribution is 2.36. The number of carbonyl (C=O) groups is 4. The molecule has 1 aromatic carbocycles. The van der Waals surface area contributed by atoms with Crippen LogP contribution in [0.4, 0.5) is 5.69 Å². The smallest absolute Gasteiger partial charge is 0.257 e. The molecule has 0 aromatic heterocycles. The van der Waals surface area contributed by atoms with Crippen LogP contribution in [0.1, 0.15) is 28.8 Å². The molecule has 3 amide bonds. The zero-order chi connectivity index (χ0) is 16.8. The first-order valence-corrected chi connectivity index (χ1v) is 8.05. The van der Waals surface area contributed by atoms with Crippen molar-refractivity contribution in [1.82, 2.24) is 10.2 Å². The van der Waals surface area contributed by atoms with Crippen LogP contribution in [0.2, 0.25) is 0 Å². The lowest BCUT2D eigenvalue weighted by Gasteiger charge is -2.39. The van der Waals surface area contributed by atoms with Gasteiger partial charge in [0.2, 0.25) is 11.8 Å². The molecule has 7 nitrogen and oxygen atoms in total. The number of nitrogens with zero attached hydrogens (tertiary/aromatic N) is 2. The molecule has 2 fully saturated rings. The maximum atomic E-state index is 12.9. The fourth-order valence-corrected chi connectivity index (χ4v) is 3.65. The molecule has 1 atom stereocenters. The number of piperidine rings is 1. The first kappa shape index (κ1) is 14.9. The summed E-state index contributed by atoms with van der Waals surface area (Å²) < 4.78 is 0. The first-order valence-electron chi connectivity index (χ1n) is 8.05. The van der Waals surface area contributed by atoms with Gasteiger partial charge >= 0.3 is 0 Å². The topological polar surface area (TPSA) is 86.8 Å². The minimum absolute atomic E-state index is 0.0172. The predicted octanol–water partition coefficient (Wildman–Crippen LogP) is 0.0827. The lowest BCUT2D eigenvalue weighted by Crippen LogP contribution is -2.52. The average molecular weight is 327 g/mol. The first-order chi connectivity index (χ1) is 11.6. The molecule has 0 aliphatic carbocycles. The second kappa shape index (κ2) is 5.43. The maximum absolute atomic E-state index is 12.9. The molecule has 3 aliphatic rings. The maximum Gasteiger partial charge on any atom is 0.257 e. The van der Waals surface area contributed by atoms with Crippen LogP contribution >= 0.6 is 0 Å². The third kappa shape index (κ3) is 2.19. The van der Waals surface area contributed by atoms with Gasteiger partial charge in [0, 0.05) is 37.7 Å². The number of benzene rings is 1. The molecular weight excluding hydrogens is 310 g/mol. The third-order valence-corrected chi connectivity index (χ3v) is 4.97. The number of imide groups is 1. The highest BCUT2D eigenvalue weighted by Gasteiger charge is 2.41. The molecule has 4 rings (SSSR count).